The number of nitrogens with zero attached hydrogens (tertiary/aromatic N) is 4. The molecule has 33 heavy (non-hydrogen) atoms. The SMILES string of the molecule is CC.COc1ccc(Cl)c(CN2CCC3(CC2)Nc2cccnc2-n2c3cnc2C(C)C)c1. The third kappa shape index (κ3) is 4.34. The van der Waals surface area contributed by atoms with Gasteiger partial charge in [0.05, 0.1) is 30.2 Å². The number of anilines is 1. The van der Waals surface area contributed by atoms with Crippen LogP contribution in [0.4, 0.5) is 5.69 Å². The lowest BCUT2D eigenvalue weighted by atomic mass is 9.82. The van der Waals surface area contributed by atoms with Gasteiger partial charge in [-0.1, -0.05) is 39.3 Å². The van der Waals surface area contributed by atoms with Crippen LogP contribution in [0.1, 0.15) is 63.5 Å². The van der Waals surface area contributed by atoms with E-state index in [-0.39, 0.29) is 5.54 Å². The van der Waals surface area contributed by atoms with Crippen LogP contribution in [0.3, 0.4) is 0 Å². The molecule has 0 aliphatic carbocycles. The van der Waals surface area contributed by atoms with Crippen LogP contribution in [0.5, 0.6) is 5.75 Å². The zero-order valence-electron chi connectivity index (χ0n) is 20.2. The standard InChI is InChI=1S/C24H28ClN5O.C2H6/c1-16(2)22-27-14-21-24(28-20-5-4-10-26-23(20)30(21)22)8-11-29(12-9-24)15-17-13-18(31-3)6-7-19(17)25;1-2/h4-7,10,13-14,16,28H,8-9,11-12,15H2,1-3H3;1-2H3. The monoisotopic (exact) mass is 467 g/mol. The second-order valence-electron chi connectivity index (χ2n) is 8.81. The van der Waals surface area contributed by atoms with Gasteiger partial charge >= 0.3 is 0 Å². The maximum absolute atomic E-state index is 6.46. The van der Waals surface area contributed by atoms with E-state index in [0.717, 1.165) is 66.1 Å². The maximum Gasteiger partial charge on any atom is 0.161 e. The topological polar surface area (TPSA) is 55.2 Å². The van der Waals surface area contributed by atoms with Crippen LogP contribution in [-0.4, -0.2) is 39.6 Å². The molecule has 1 aromatic carbocycles. The number of imidazole rings is 1. The highest BCUT2D eigenvalue weighted by molar-refractivity contribution is 6.31. The zero-order valence-corrected chi connectivity index (χ0v) is 21.0. The second kappa shape index (κ2) is 9.74. The lowest BCUT2D eigenvalue weighted by molar-refractivity contribution is 0.161. The number of rotatable bonds is 4. The van der Waals surface area contributed by atoms with Crippen molar-refractivity contribution in [1.29, 1.82) is 0 Å². The van der Waals surface area contributed by atoms with E-state index in [1.807, 2.05) is 44.3 Å². The van der Waals surface area contributed by atoms with Crippen LogP contribution in [0.25, 0.3) is 5.82 Å². The third-order valence-corrected chi connectivity index (χ3v) is 6.89. The predicted octanol–water partition coefficient (Wildman–Crippen LogP) is 6.00. The smallest absolute Gasteiger partial charge is 0.161 e. The van der Waals surface area contributed by atoms with E-state index >= 15 is 0 Å². The van der Waals surface area contributed by atoms with E-state index in [1.165, 1.54) is 5.69 Å². The van der Waals surface area contributed by atoms with Gasteiger partial charge in [-0.15, -0.1) is 0 Å². The van der Waals surface area contributed by atoms with E-state index in [2.05, 4.69) is 45.9 Å². The van der Waals surface area contributed by atoms with Gasteiger partial charge < -0.3 is 10.1 Å². The average molecular weight is 468 g/mol. The molecule has 2 aliphatic heterocycles. The van der Waals surface area contributed by atoms with Gasteiger partial charge in [0.1, 0.15) is 11.6 Å². The number of aromatic nitrogens is 3. The Bertz CT molecular complexity index is 1100. The summed E-state index contributed by atoms with van der Waals surface area (Å²) in [6.07, 6.45) is 5.89. The van der Waals surface area contributed by atoms with Crippen molar-refractivity contribution in [1.82, 2.24) is 19.4 Å². The number of piperidine rings is 1. The highest BCUT2D eigenvalue weighted by Gasteiger charge is 2.43. The molecular weight excluding hydrogens is 434 g/mol. The fourth-order valence-corrected chi connectivity index (χ4v) is 5.02. The number of likely N-dealkylation sites (tertiary alicyclic amines) is 1. The van der Waals surface area contributed by atoms with Gasteiger partial charge in [-0.05, 0) is 48.7 Å². The molecule has 0 amide bonds. The largest absolute Gasteiger partial charge is 0.497 e. The minimum Gasteiger partial charge on any atom is -0.497 e. The van der Waals surface area contributed by atoms with E-state index in [9.17, 15) is 0 Å². The highest BCUT2D eigenvalue weighted by atomic mass is 35.5. The first kappa shape index (κ1) is 23.6. The van der Waals surface area contributed by atoms with Gasteiger partial charge in [0, 0.05) is 36.8 Å². The molecule has 0 bridgehead atoms. The molecule has 1 fully saturated rings. The molecule has 5 rings (SSSR count). The molecule has 176 valence electrons. The molecule has 4 heterocycles. The summed E-state index contributed by atoms with van der Waals surface area (Å²) in [5.41, 5.74) is 3.28. The van der Waals surface area contributed by atoms with E-state index < -0.39 is 0 Å². The Hall–Kier alpha value is -2.57. The summed E-state index contributed by atoms with van der Waals surface area (Å²) in [4.78, 5) is 11.9. The molecule has 0 saturated carbocycles. The van der Waals surface area contributed by atoms with E-state index in [4.69, 9.17) is 21.3 Å². The van der Waals surface area contributed by atoms with Crippen molar-refractivity contribution in [3.8, 4) is 11.6 Å². The van der Waals surface area contributed by atoms with Crippen molar-refractivity contribution >= 4 is 17.3 Å². The van der Waals surface area contributed by atoms with Crippen LogP contribution in [0.15, 0.2) is 42.7 Å². The van der Waals surface area contributed by atoms with Crippen molar-refractivity contribution in [2.45, 2.75) is 58.5 Å². The first-order valence-electron chi connectivity index (χ1n) is 11.9. The number of benzene rings is 1. The van der Waals surface area contributed by atoms with Gasteiger partial charge in [0.15, 0.2) is 5.82 Å². The maximum atomic E-state index is 6.46. The van der Waals surface area contributed by atoms with Gasteiger partial charge in [0.25, 0.3) is 0 Å². The number of nitrogens with one attached hydrogen (secondary N) is 1. The van der Waals surface area contributed by atoms with Gasteiger partial charge in [-0.25, -0.2) is 9.97 Å². The normalized spacial score (nSPS) is 16.5. The van der Waals surface area contributed by atoms with Crippen molar-refractivity contribution in [2.75, 3.05) is 25.5 Å². The second-order valence-corrected chi connectivity index (χ2v) is 9.21. The summed E-state index contributed by atoms with van der Waals surface area (Å²) in [6.45, 7) is 11.1. The van der Waals surface area contributed by atoms with E-state index in [0.29, 0.717) is 5.92 Å². The Morgan fingerprint density at radius 3 is 2.61 bits per heavy atom. The molecule has 2 aromatic heterocycles. The molecule has 0 radical (unpaired) electrons. The minimum absolute atomic E-state index is 0.134. The summed E-state index contributed by atoms with van der Waals surface area (Å²) in [5, 5.41) is 4.63. The van der Waals surface area contributed by atoms with Gasteiger partial charge in [-0.2, -0.15) is 0 Å². The van der Waals surface area contributed by atoms with Crippen molar-refractivity contribution < 1.29 is 4.74 Å². The lowest BCUT2D eigenvalue weighted by Crippen LogP contribution is -2.49. The zero-order chi connectivity index (χ0) is 23.6. The Balaban J connectivity index is 0.00000126. The van der Waals surface area contributed by atoms with Gasteiger partial charge in [-0.3, -0.25) is 9.47 Å². The Kier molecular flexibility index (Phi) is 6.96. The Morgan fingerprint density at radius 1 is 1.15 bits per heavy atom. The summed E-state index contributed by atoms with van der Waals surface area (Å²) in [6, 6.07) is 9.98. The number of halogens is 1. The number of ether oxygens (including phenoxy) is 1. The van der Waals surface area contributed by atoms with Crippen molar-refractivity contribution in [3.63, 3.8) is 0 Å². The Labute approximate surface area is 202 Å². The number of hydrogen-bond donors (Lipinski definition) is 1. The van der Waals surface area contributed by atoms with Crippen molar-refractivity contribution in [3.05, 3.63) is 64.8 Å². The number of pyridine rings is 1. The van der Waals surface area contributed by atoms with Crippen LogP contribution >= 0.6 is 11.6 Å². The molecule has 7 heteroatoms. The molecule has 1 saturated heterocycles. The van der Waals surface area contributed by atoms with Crippen LogP contribution < -0.4 is 10.1 Å². The summed E-state index contributed by atoms with van der Waals surface area (Å²) >= 11 is 6.46. The summed E-state index contributed by atoms with van der Waals surface area (Å²) in [5.74, 6) is 3.20. The molecule has 0 unspecified atom stereocenters. The molecule has 6 nitrogen and oxygen atoms in total. The molecular formula is C26H34ClN5O. The van der Waals surface area contributed by atoms with Crippen molar-refractivity contribution in [2.24, 2.45) is 0 Å². The summed E-state index contributed by atoms with van der Waals surface area (Å²) in [7, 11) is 1.69. The van der Waals surface area contributed by atoms with E-state index in [1.54, 1.807) is 7.11 Å². The number of hydrogen-bond acceptors (Lipinski definition) is 5. The molecule has 3 aromatic rings. The predicted molar refractivity (Wildman–Crippen MR) is 135 cm³/mol. The molecule has 0 atom stereocenters. The van der Waals surface area contributed by atoms with Crippen LogP contribution in [-0.2, 0) is 12.1 Å². The fraction of sp³-hybridized carbons (Fsp3) is 0.462. The average Bonchev–Trinajstić information content (AvgIpc) is 3.30. The third-order valence-electron chi connectivity index (χ3n) is 6.52. The minimum atomic E-state index is -0.134. The quantitative estimate of drug-likeness (QED) is 0.510. The van der Waals surface area contributed by atoms with Crippen LogP contribution in [0.2, 0.25) is 5.02 Å². The fourth-order valence-electron chi connectivity index (χ4n) is 4.84. The van der Waals surface area contributed by atoms with Crippen LogP contribution in [0, 0.1) is 0 Å². The lowest BCUT2D eigenvalue weighted by Gasteiger charge is -2.46. The first-order valence-corrected chi connectivity index (χ1v) is 12.2. The Morgan fingerprint density at radius 2 is 1.91 bits per heavy atom. The first-order chi connectivity index (χ1) is 16.0. The highest BCUT2D eigenvalue weighted by Crippen LogP contribution is 2.44. The number of fused-ring (bicyclic) bond motifs is 4. The summed E-state index contributed by atoms with van der Waals surface area (Å²) < 4.78 is 7.66. The molecule has 2 aliphatic rings. The van der Waals surface area contributed by atoms with Gasteiger partial charge in [0.2, 0.25) is 0 Å². The molecule has 1 N–H and O–H groups in total. The molecule has 1 spiro atoms. The number of methoxy groups -OCH3 is 1.